The number of nitrogens with one attached hydrogen (secondary N) is 1. The molecule has 0 radical (unpaired) electrons. The Balaban J connectivity index is 1.51. The quantitative estimate of drug-likeness (QED) is 0.817. The number of aryl methyl sites for hydroxylation is 2. The average molecular weight is 404 g/mol. The highest BCUT2D eigenvalue weighted by Crippen LogP contribution is 2.31. The first kappa shape index (κ1) is 19.9. The van der Waals surface area contributed by atoms with Crippen LogP contribution in [0.4, 0.5) is 0 Å². The van der Waals surface area contributed by atoms with Gasteiger partial charge in [0.15, 0.2) is 17.7 Å². The maximum absolute atomic E-state index is 12.7. The number of hydrogen-bond donors (Lipinski definition) is 1. The van der Waals surface area contributed by atoms with Crippen molar-refractivity contribution in [1.29, 1.82) is 0 Å². The minimum Gasteiger partial charge on any atom is -0.493 e. The molecule has 154 valence electrons. The highest BCUT2D eigenvalue weighted by molar-refractivity contribution is 6.04. The molecule has 0 saturated heterocycles. The molecule has 1 heterocycles. The molecule has 6 heteroatoms. The molecule has 0 saturated carbocycles. The van der Waals surface area contributed by atoms with Gasteiger partial charge in [-0.3, -0.25) is 9.79 Å². The number of allylic oxidation sites excluding steroid dienone is 1. The normalized spacial score (nSPS) is 19.6. The highest BCUT2D eigenvalue weighted by Gasteiger charge is 2.29. The third-order valence-corrected chi connectivity index (χ3v) is 5.31. The lowest BCUT2D eigenvalue weighted by molar-refractivity contribution is 0.0732. The van der Waals surface area contributed by atoms with Gasteiger partial charge < -0.3 is 19.5 Å². The van der Waals surface area contributed by atoms with Crippen LogP contribution in [-0.2, 0) is 4.74 Å². The fourth-order valence-corrected chi connectivity index (χ4v) is 3.44. The van der Waals surface area contributed by atoms with Crippen molar-refractivity contribution in [3.05, 3.63) is 82.6 Å². The maximum Gasteiger partial charge on any atom is 0.255 e. The monoisotopic (exact) mass is 404 g/mol. The number of amides is 1. The van der Waals surface area contributed by atoms with Crippen LogP contribution in [0.3, 0.4) is 0 Å². The number of ether oxygens (including phenoxy) is 3. The van der Waals surface area contributed by atoms with E-state index in [1.165, 1.54) is 18.2 Å². The molecule has 0 aromatic heterocycles. The second kappa shape index (κ2) is 8.16. The van der Waals surface area contributed by atoms with E-state index >= 15 is 0 Å². The van der Waals surface area contributed by atoms with E-state index in [1.54, 1.807) is 25.3 Å². The molecule has 2 unspecified atom stereocenters. The van der Waals surface area contributed by atoms with Crippen LogP contribution in [0, 0.1) is 13.8 Å². The molecule has 0 spiro atoms. The maximum atomic E-state index is 12.7. The van der Waals surface area contributed by atoms with Crippen molar-refractivity contribution >= 4 is 11.6 Å². The molecule has 0 bridgehead atoms. The molecule has 30 heavy (non-hydrogen) atoms. The first-order chi connectivity index (χ1) is 14.5. The number of carbonyl (C=O) groups excluding carboxylic acids is 1. The second-order valence-electron chi connectivity index (χ2n) is 7.29. The molecule has 1 aliphatic carbocycles. The smallest absolute Gasteiger partial charge is 0.255 e. The van der Waals surface area contributed by atoms with E-state index in [9.17, 15) is 4.79 Å². The Morgan fingerprint density at radius 1 is 1.03 bits per heavy atom. The number of benzene rings is 2. The minimum atomic E-state index is -0.342. The number of fused-ring (bicyclic) bond motifs is 1. The summed E-state index contributed by atoms with van der Waals surface area (Å²) in [5, 5.41) is 2.91. The Hall–Kier alpha value is -3.38. The van der Waals surface area contributed by atoms with Gasteiger partial charge in [0, 0.05) is 16.8 Å². The zero-order chi connectivity index (χ0) is 21.3. The summed E-state index contributed by atoms with van der Waals surface area (Å²) in [7, 11) is 3.09. The van der Waals surface area contributed by atoms with Crippen molar-refractivity contribution < 1.29 is 19.0 Å². The van der Waals surface area contributed by atoms with Gasteiger partial charge >= 0.3 is 0 Å². The first-order valence-corrected chi connectivity index (χ1v) is 9.72. The number of nitrogens with zero attached hydrogens (tertiary/aromatic N) is 1. The van der Waals surface area contributed by atoms with Crippen LogP contribution < -0.4 is 14.8 Å². The van der Waals surface area contributed by atoms with E-state index in [0.717, 1.165) is 11.3 Å². The lowest BCUT2D eigenvalue weighted by Crippen LogP contribution is -2.26. The Labute approximate surface area is 175 Å². The third kappa shape index (κ3) is 3.86. The zero-order valence-corrected chi connectivity index (χ0v) is 17.4. The van der Waals surface area contributed by atoms with Crippen LogP contribution in [0.25, 0.3) is 0 Å². The molecule has 1 amide bonds. The Morgan fingerprint density at radius 3 is 2.57 bits per heavy atom. The number of rotatable bonds is 5. The van der Waals surface area contributed by atoms with Crippen LogP contribution in [-0.4, -0.2) is 31.9 Å². The first-order valence-electron chi connectivity index (χ1n) is 9.72. The Morgan fingerprint density at radius 2 is 1.83 bits per heavy atom. The van der Waals surface area contributed by atoms with Crippen LogP contribution in [0.1, 0.15) is 33.3 Å². The lowest BCUT2D eigenvalue weighted by Gasteiger charge is -2.15. The number of methoxy groups -OCH3 is 2. The van der Waals surface area contributed by atoms with E-state index in [4.69, 9.17) is 19.2 Å². The summed E-state index contributed by atoms with van der Waals surface area (Å²) < 4.78 is 16.6. The molecule has 2 aromatic carbocycles. The molecule has 2 aromatic rings. The minimum absolute atomic E-state index is 0.210. The molecule has 1 aliphatic heterocycles. The van der Waals surface area contributed by atoms with Crippen molar-refractivity contribution in [2.75, 3.05) is 14.2 Å². The van der Waals surface area contributed by atoms with E-state index in [1.807, 2.05) is 24.3 Å². The summed E-state index contributed by atoms with van der Waals surface area (Å²) in [5.74, 6) is 0.835. The van der Waals surface area contributed by atoms with Gasteiger partial charge in [0.1, 0.15) is 6.10 Å². The van der Waals surface area contributed by atoms with Crippen LogP contribution >= 0.6 is 0 Å². The predicted octanol–water partition coefficient (Wildman–Crippen LogP) is 4.04. The van der Waals surface area contributed by atoms with Crippen LogP contribution in [0.5, 0.6) is 11.5 Å². The Bertz CT molecular complexity index is 1080. The molecular formula is C24H24N2O4. The van der Waals surface area contributed by atoms with E-state index < -0.39 is 0 Å². The van der Waals surface area contributed by atoms with Crippen molar-refractivity contribution in [3.8, 4) is 11.5 Å². The SMILES string of the molecule is COc1ccc(C(=O)NC2=CC3=NC(c4ccc(C)c(C)c4)OC3C=C2)cc1OC. The van der Waals surface area contributed by atoms with Crippen molar-refractivity contribution in [2.45, 2.75) is 26.2 Å². The van der Waals surface area contributed by atoms with Gasteiger partial charge in [-0.15, -0.1) is 0 Å². The van der Waals surface area contributed by atoms with Crippen molar-refractivity contribution in [3.63, 3.8) is 0 Å². The van der Waals surface area contributed by atoms with Crippen LogP contribution in [0.15, 0.2) is 65.3 Å². The summed E-state index contributed by atoms with van der Waals surface area (Å²) >= 11 is 0. The molecule has 0 fully saturated rings. The molecular weight excluding hydrogens is 380 g/mol. The van der Waals surface area contributed by atoms with Gasteiger partial charge in [0.05, 0.1) is 19.9 Å². The Kier molecular flexibility index (Phi) is 5.42. The predicted molar refractivity (Wildman–Crippen MR) is 115 cm³/mol. The van der Waals surface area contributed by atoms with Crippen molar-refractivity contribution in [1.82, 2.24) is 5.32 Å². The molecule has 1 N–H and O–H groups in total. The topological polar surface area (TPSA) is 69.2 Å². The summed E-state index contributed by atoms with van der Waals surface area (Å²) in [6.07, 6.45) is 5.05. The van der Waals surface area contributed by atoms with E-state index in [0.29, 0.717) is 22.8 Å². The van der Waals surface area contributed by atoms with Gasteiger partial charge in [0.2, 0.25) is 0 Å². The summed E-state index contributed by atoms with van der Waals surface area (Å²) in [6, 6.07) is 11.3. The van der Waals surface area contributed by atoms with Gasteiger partial charge in [0.25, 0.3) is 5.91 Å². The van der Waals surface area contributed by atoms with Gasteiger partial charge in [-0.2, -0.15) is 0 Å². The summed E-state index contributed by atoms with van der Waals surface area (Å²) in [6.45, 7) is 4.16. The number of carbonyl (C=O) groups is 1. The fourth-order valence-electron chi connectivity index (χ4n) is 3.44. The lowest BCUT2D eigenvalue weighted by atomic mass is 10.1. The molecule has 6 nitrogen and oxygen atoms in total. The highest BCUT2D eigenvalue weighted by atomic mass is 16.5. The van der Waals surface area contributed by atoms with Crippen LogP contribution in [0.2, 0.25) is 0 Å². The zero-order valence-electron chi connectivity index (χ0n) is 17.4. The summed E-state index contributed by atoms with van der Waals surface area (Å²) in [5.41, 5.74) is 5.40. The second-order valence-corrected chi connectivity index (χ2v) is 7.29. The third-order valence-electron chi connectivity index (χ3n) is 5.31. The van der Waals surface area contributed by atoms with Gasteiger partial charge in [-0.05, 0) is 61.4 Å². The average Bonchev–Trinajstić information content (AvgIpc) is 3.18. The molecule has 4 rings (SSSR count). The van der Waals surface area contributed by atoms with Gasteiger partial charge in [-0.1, -0.05) is 18.2 Å². The number of hydrogen-bond acceptors (Lipinski definition) is 5. The molecule has 2 aliphatic rings. The van der Waals surface area contributed by atoms with E-state index in [-0.39, 0.29) is 18.2 Å². The molecule has 2 atom stereocenters. The van der Waals surface area contributed by atoms with Crippen molar-refractivity contribution in [2.24, 2.45) is 4.99 Å². The van der Waals surface area contributed by atoms with Gasteiger partial charge in [-0.25, -0.2) is 0 Å². The largest absolute Gasteiger partial charge is 0.493 e. The van der Waals surface area contributed by atoms with E-state index in [2.05, 4.69) is 31.3 Å². The number of aliphatic imine (C=N–C) groups is 1. The summed E-state index contributed by atoms with van der Waals surface area (Å²) in [4.78, 5) is 17.4. The standard InChI is InChI=1S/C24H24N2O4/c1-14-5-6-17(11-15(14)2)24-26-19-13-18(8-10-20(19)30-24)25-23(27)16-7-9-21(28-3)22(12-16)29-4/h5-13,20,24H,1-4H3,(H,25,27). The fraction of sp³-hybridized carbons (Fsp3) is 0.250.